The predicted molar refractivity (Wildman–Crippen MR) is 89.0 cm³/mol. The van der Waals surface area contributed by atoms with E-state index in [1.807, 2.05) is 0 Å². The van der Waals surface area contributed by atoms with Gasteiger partial charge in [-0.05, 0) is 18.2 Å². The van der Waals surface area contributed by atoms with Gasteiger partial charge in [-0.25, -0.2) is 4.79 Å². The quantitative estimate of drug-likeness (QED) is 0.719. The summed E-state index contributed by atoms with van der Waals surface area (Å²) in [6, 6.07) is 4.24. The number of amides is 3. The maximum absolute atomic E-state index is 11.9. The van der Waals surface area contributed by atoms with Gasteiger partial charge in [0.2, 0.25) is 0 Å². The van der Waals surface area contributed by atoms with Gasteiger partial charge >= 0.3 is 6.03 Å². The number of aromatic nitrogens is 2. The largest absolute Gasteiger partial charge is 0.350 e. The lowest BCUT2D eigenvalue weighted by Gasteiger charge is -2.08. The Morgan fingerprint density at radius 2 is 1.91 bits per heavy atom. The van der Waals surface area contributed by atoms with Crippen LogP contribution < -0.4 is 16.0 Å². The second-order valence-electron chi connectivity index (χ2n) is 4.67. The number of rotatable bonds is 5. The van der Waals surface area contributed by atoms with Crippen LogP contribution in [0.2, 0.25) is 10.0 Å². The highest BCUT2D eigenvalue weighted by molar-refractivity contribution is 6.42. The maximum Gasteiger partial charge on any atom is 0.319 e. The van der Waals surface area contributed by atoms with E-state index in [2.05, 4.69) is 21.0 Å². The molecule has 0 saturated heterocycles. The zero-order valence-corrected chi connectivity index (χ0v) is 13.8. The zero-order chi connectivity index (χ0) is 16.8. The first-order valence-electron chi connectivity index (χ1n) is 6.72. The minimum Gasteiger partial charge on any atom is -0.350 e. The molecule has 1 aromatic heterocycles. The Labute approximate surface area is 142 Å². The molecule has 1 heterocycles. The molecular weight excluding hydrogens is 341 g/mol. The van der Waals surface area contributed by atoms with Crippen molar-refractivity contribution in [3.8, 4) is 0 Å². The van der Waals surface area contributed by atoms with Crippen molar-refractivity contribution in [2.24, 2.45) is 7.05 Å². The minimum atomic E-state index is -0.373. The molecule has 0 bridgehead atoms. The lowest BCUT2D eigenvalue weighted by Crippen LogP contribution is -2.36. The molecule has 0 radical (unpaired) electrons. The van der Waals surface area contributed by atoms with Gasteiger partial charge in [0.1, 0.15) is 0 Å². The number of aryl methyl sites for hydroxylation is 1. The van der Waals surface area contributed by atoms with Crippen molar-refractivity contribution in [3.05, 3.63) is 46.2 Å². The molecule has 1 aromatic carbocycles. The standard InChI is InChI=1S/C14H15Cl2N5O2/c1-21-8-10(7-19-21)20-14(23)18-5-4-17-13(22)9-2-3-11(15)12(16)6-9/h2-3,6-8H,4-5H2,1H3,(H,17,22)(H2,18,20,23). The third-order valence-corrected chi connectivity index (χ3v) is 3.58. The van der Waals surface area contributed by atoms with Crippen LogP contribution in [0.5, 0.6) is 0 Å². The average molecular weight is 356 g/mol. The molecule has 0 saturated carbocycles. The third kappa shape index (κ3) is 5.15. The van der Waals surface area contributed by atoms with E-state index in [1.54, 1.807) is 30.1 Å². The van der Waals surface area contributed by atoms with E-state index >= 15 is 0 Å². The number of halogens is 2. The lowest BCUT2D eigenvalue weighted by atomic mass is 10.2. The molecule has 23 heavy (non-hydrogen) atoms. The molecule has 3 N–H and O–H groups in total. The number of anilines is 1. The summed E-state index contributed by atoms with van der Waals surface area (Å²) in [6.07, 6.45) is 3.21. The fourth-order valence-corrected chi connectivity index (χ4v) is 2.05. The minimum absolute atomic E-state index is 0.277. The molecule has 0 spiro atoms. The van der Waals surface area contributed by atoms with Crippen LogP contribution >= 0.6 is 23.2 Å². The molecule has 0 aliphatic heterocycles. The van der Waals surface area contributed by atoms with Crippen LogP contribution in [0.15, 0.2) is 30.6 Å². The van der Waals surface area contributed by atoms with Crippen molar-refractivity contribution in [1.29, 1.82) is 0 Å². The Balaban J connectivity index is 1.71. The van der Waals surface area contributed by atoms with Gasteiger partial charge in [0.15, 0.2) is 0 Å². The molecule has 0 fully saturated rings. The molecule has 9 heteroatoms. The topological polar surface area (TPSA) is 88.0 Å². The van der Waals surface area contributed by atoms with Gasteiger partial charge in [0.25, 0.3) is 5.91 Å². The summed E-state index contributed by atoms with van der Waals surface area (Å²) in [5.74, 6) is -0.293. The van der Waals surface area contributed by atoms with Gasteiger partial charge in [-0.1, -0.05) is 23.2 Å². The molecule has 0 aliphatic rings. The summed E-state index contributed by atoms with van der Waals surface area (Å²) in [5.41, 5.74) is 0.990. The van der Waals surface area contributed by atoms with Crippen molar-refractivity contribution in [2.75, 3.05) is 18.4 Å². The number of nitrogens with zero attached hydrogens (tertiary/aromatic N) is 2. The van der Waals surface area contributed by atoms with Gasteiger partial charge in [0.05, 0.1) is 21.9 Å². The SMILES string of the molecule is Cn1cc(NC(=O)NCCNC(=O)c2ccc(Cl)c(Cl)c2)cn1. The van der Waals surface area contributed by atoms with Gasteiger partial charge in [-0.2, -0.15) is 5.10 Å². The monoisotopic (exact) mass is 355 g/mol. The fourth-order valence-electron chi connectivity index (χ4n) is 1.75. The van der Waals surface area contributed by atoms with Crippen molar-refractivity contribution < 1.29 is 9.59 Å². The van der Waals surface area contributed by atoms with E-state index in [4.69, 9.17) is 23.2 Å². The van der Waals surface area contributed by atoms with Crippen molar-refractivity contribution in [3.63, 3.8) is 0 Å². The van der Waals surface area contributed by atoms with E-state index in [1.165, 1.54) is 12.3 Å². The van der Waals surface area contributed by atoms with E-state index in [9.17, 15) is 9.59 Å². The maximum atomic E-state index is 11.9. The van der Waals surface area contributed by atoms with Crippen LogP contribution in [0, 0.1) is 0 Å². The van der Waals surface area contributed by atoms with Crippen LogP contribution in [-0.2, 0) is 7.05 Å². The third-order valence-electron chi connectivity index (χ3n) is 2.84. The van der Waals surface area contributed by atoms with E-state index in [0.717, 1.165) is 0 Å². The number of hydrogen-bond acceptors (Lipinski definition) is 3. The number of carbonyl (C=O) groups is 2. The molecular formula is C14H15Cl2N5O2. The van der Waals surface area contributed by atoms with E-state index in [-0.39, 0.29) is 25.0 Å². The molecule has 3 amide bonds. The normalized spacial score (nSPS) is 10.2. The highest BCUT2D eigenvalue weighted by atomic mass is 35.5. The van der Waals surface area contributed by atoms with Crippen molar-refractivity contribution >= 4 is 40.8 Å². The van der Waals surface area contributed by atoms with Crippen LogP contribution in [-0.4, -0.2) is 34.8 Å². The first kappa shape index (κ1) is 17.1. The smallest absolute Gasteiger partial charge is 0.319 e. The first-order valence-corrected chi connectivity index (χ1v) is 7.48. The second-order valence-corrected chi connectivity index (χ2v) is 5.48. The van der Waals surface area contributed by atoms with Crippen molar-refractivity contribution in [2.45, 2.75) is 0 Å². The highest BCUT2D eigenvalue weighted by Gasteiger charge is 2.08. The molecule has 0 atom stereocenters. The Bertz CT molecular complexity index is 717. The van der Waals surface area contributed by atoms with Gasteiger partial charge in [-0.15, -0.1) is 0 Å². The zero-order valence-electron chi connectivity index (χ0n) is 12.3. The summed E-state index contributed by atoms with van der Waals surface area (Å²) in [7, 11) is 1.75. The van der Waals surface area contributed by atoms with Gasteiger partial charge in [-0.3, -0.25) is 9.48 Å². The molecule has 2 rings (SSSR count). The average Bonchev–Trinajstić information content (AvgIpc) is 2.91. The summed E-state index contributed by atoms with van der Waals surface area (Å²) < 4.78 is 1.58. The Morgan fingerprint density at radius 1 is 1.17 bits per heavy atom. The number of benzene rings is 1. The Morgan fingerprint density at radius 3 is 2.57 bits per heavy atom. The van der Waals surface area contributed by atoms with Crippen molar-refractivity contribution in [1.82, 2.24) is 20.4 Å². The van der Waals surface area contributed by atoms with Gasteiger partial charge in [0, 0.05) is 31.9 Å². The number of carbonyl (C=O) groups excluding carboxylic acids is 2. The van der Waals surface area contributed by atoms with E-state index in [0.29, 0.717) is 21.3 Å². The van der Waals surface area contributed by atoms with E-state index < -0.39 is 0 Å². The lowest BCUT2D eigenvalue weighted by molar-refractivity contribution is 0.0954. The van der Waals surface area contributed by atoms with Crippen LogP contribution in [0.4, 0.5) is 10.5 Å². The molecule has 122 valence electrons. The summed E-state index contributed by atoms with van der Waals surface area (Å²) in [4.78, 5) is 23.5. The molecule has 2 aromatic rings. The fraction of sp³-hybridized carbons (Fsp3) is 0.214. The van der Waals surface area contributed by atoms with Crippen LogP contribution in [0.3, 0.4) is 0 Å². The highest BCUT2D eigenvalue weighted by Crippen LogP contribution is 2.22. The van der Waals surface area contributed by atoms with Crippen LogP contribution in [0.25, 0.3) is 0 Å². The molecule has 7 nitrogen and oxygen atoms in total. The number of nitrogens with one attached hydrogen (secondary N) is 3. The molecule has 0 unspecified atom stereocenters. The Kier molecular flexibility index (Phi) is 5.84. The second kappa shape index (κ2) is 7.85. The molecule has 0 aliphatic carbocycles. The predicted octanol–water partition coefficient (Wildman–Crippen LogP) is 2.28. The van der Waals surface area contributed by atoms with Crippen LogP contribution in [0.1, 0.15) is 10.4 Å². The number of urea groups is 1. The summed E-state index contributed by atoms with van der Waals surface area (Å²) >= 11 is 11.6. The first-order chi connectivity index (χ1) is 11.0. The summed E-state index contributed by atoms with van der Waals surface area (Å²) in [6.45, 7) is 0.554. The Hall–Kier alpha value is -2.25. The van der Waals surface area contributed by atoms with Gasteiger partial charge < -0.3 is 16.0 Å². The number of hydrogen-bond donors (Lipinski definition) is 3. The summed E-state index contributed by atoms with van der Waals surface area (Å²) in [5, 5.41) is 12.5.